The normalized spacial score (nSPS) is 10.8. The second-order valence-corrected chi connectivity index (χ2v) is 7.06. The molecule has 1 amide bonds. The molecule has 6 nitrogen and oxygen atoms in total. The molecule has 2 rings (SSSR count). The number of nitrogens with one attached hydrogen (secondary N) is 1. The molecule has 1 heterocycles. The van der Waals surface area contributed by atoms with E-state index in [1.54, 1.807) is 0 Å². The van der Waals surface area contributed by atoms with Crippen LogP contribution in [0.3, 0.4) is 0 Å². The summed E-state index contributed by atoms with van der Waals surface area (Å²) in [6, 6.07) is 10.3. The van der Waals surface area contributed by atoms with Gasteiger partial charge >= 0.3 is 0 Å². The van der Waals surface area contributed by atoms with Gasteiger partial charge in [0, 0.05) is 25.2 Å². The molecule has 144 valence electrons. The summed E-state index contributed by atoms with van der Waals surface area (Å²) in [6.45, 7) is 5.95. The molecule has 2 aromatic rings. The van der Waals surface area contributed by atoms with Crippen LogP contribution in [0.15, 0.2) is 24.3 Å². The van der Waals surface area contributed by atoms with Gasteiger partial charge < -0.3 is 10.2 Å². The SMILES string of the molecule is Cc1nn(CCC#N)c(C)c1CCC(=O)NCc1ccccc1CN(C)C. The van der Waals surface area contributed by atoms with Crippen LogP contribution >= 0.6 is 0 Å². The summed E-state index contributed by atoms with van der Waals surface area (Å²) >= 11 is 0. The van der Waals surface area contributed by atoms with Crippen molar-refractivity contribution in [1.82, 2.24) is 20.0 Å². The highest BCUT2D eigenvalue weighted by Crippen LogP contribution is 2.16. The maximum absolute atomic E-state index is 12.3. The van der Waals surface area contributed by atoms with Gasteiger partial charge in [-0.2, -0.15) is 10.4 Å². The zero-order chi connectivity index (χ0) is 19.8. The summed E-state index contributed by atoms with van der Waals surface area (Å²) in [6.07, 6.45) is 1.53. The third-order valence-electron chi connectivity index (χ3n) is 4.65. The highest BCUT2D eigenvalue weighted by atomic mass is 16.1. The van der Waals surface area contributed by atoms with E-state index >= 15 is 0 Å². The second-order valence-electron chi connectivity index (χ2n) is 7.06. The minimum absolute atomic E-state index is 0.0400. The number of amides is 1. The monoisotopic (exact) mass is 367 g/mol. The number of carbonyl (C=O) groups excluding carboxylic acids is 1. The van der Waals surface area contributed by atoms with Crippen LogP contribution in [0.1, 0.15) is 40.9 Å². The zero-order valence-corrected chi connectivity index (χ0v) is 16.7. The van der Waals surface area contributed by atoms with E-state index in [0.717, 1.165) is 29.1 Å². The molecule has 1 aromatic heterocycles. The molecule has 0 unspecified atom stereocenters. The molecule has 0 bridgehead atoms. The minimum atomic E-state index is 0.0400. The molecular formula is C21H29N5O. The van der Waals surface area contributed by atoms with Crippen LogP contribution in [0.4, 0.5) is 0 Å². The summed E-state index contributed by atoms with van der Waals surface area (Å²) in [5, 5.41) is 16.3. The first-order valence-corrected chi connectivity index (χ1v) is 9.30. The van der Waals surface area contributed by atoms with Gasteiger partial charge in [-0.15, -0.1) is 0 Å². The van der Waals surface area contributed by atoms with Crippen molar-refractivity contribution in [2.45, 2.75) is 52.7 Å². The van der Waals surface area contributed by atoms with Gasteiger partial charge in [-0.05, 0) is 51.1 Å². The molecule has 0 aliphatic rings. The van der Waals surface area contributed by atoms with E-state index in [1.165, 1.54) is 5.56 Å². The third-order valence-corrected chi connectivity index (χ3v) is 4.65. The largest absolute Gasteiger partial charge is 0.352 e. The topological polar surface area (TPSA) is 73.9 Å². The second kappa shape index (κ2) is 9.89. The fourth-order valence-electron chi connectivity index (χ4n) is 3.22. The molecule has 0 radical (unpaired) electrons. The van der Waals surface area contributed by atoms with Crippen molar-refractivity contribution in [2.75, 3.05) is 14.1 Å². The highest BCUT2D eigenvalue weighted by Gasteiger charge is 2.13. The van der Waals surface area contributed by atoms with Crippen LogP contribution in [0, 0.1) is 25.2 Å². The molecular weight excluding hydrogens is 338 g/mol. The van der Waals surface area contributed by atoms with E-state index in [2.05, 4.69) is 33.5 Å². The lowest BCUT2D eigenvalue weighted by Crippen LogP contribution is -2.24. The lowest BCUT2D eigenvalue weighted by Gasteiger charge is -2.14. The van der Waals surface area contributed by atoms with Crippen LogP contribution in [0.2, 0.25) is 0 Å². The van der Waals surface area contributed by atoms with Crippen LogP contribution in [0.25, 0.3) is 0 Å². The lowest BCUT2D eigenvalue weighted by molar-refractivity contribution is -0.121. The fourth-order valence-corrected chi connectivity index (χ4v) is 3.22. The molecule has 0 spiro atoms. The predicted octanol–water partition coefficient (Wildman–Crippen LogP) is 2.72. The average Bonchev–Trinajstić information content (AvgIpc) is 2.90. The van der Waals surface area contributed by atoms with Gasteiger partial charge in [0.1, 0.15) is 0 Å². The maximum atomic E-state index is 12.3. The van der Waals surface area contributed by atoms with E-state index in [0.29, 0.717) is 32.4 Å². The van der Waals surface area contributed by atoms with Crippen molar-refractivity contribution >= 4 is 5.91 Å². The standard InChI is InChI=1S/C21H29N5O/c1-16-20(17(2)26(24-16)13-7-12-22)10-11-21(27)23-14-18-8-5-6-9-19(18)15-25(3)4/h5-6,8-9H,7,10-11,13-15H2,1-4H3,(H,23,27). The maximum Gasteiger partial charge on any atom is 0.220 e. The van der Waals surface area contributed by atoms with Crippen LogP contribution in [0.5, 0.6) is 0 Å². The van der Waals surface area contributed by atoms with Gasteiger partial charge in [-0.25, -0.2) is 0 Å². The number of nitriles is 1. The quantitative estimate of drug-likeness (QED) is 0.739. The summed E-state index contributed by atoms with van der Waals surface area (Å²) in [7, 11) is 4.08. The number of rotatable bonds is 9. The molecule has 1 aromatic carbocycles. The van der Waals surface area contributed by atoms with E-state index < -0.39 is 0 Å². The number of hydrogen-bond acceptors (Lipinski definition) is 4. The van der Waals surface area contributed by atoms with Gasteiger partial charge in [0.15, 0.2) is 0 Å². The van der Waals surface area contributed by atoms with Crippen molar-refractivity contribution in [3.63, 3.8) is 0 Å². The molecule has 0 atom stereocenters. The Morgan fingerprint density at radius 3 is 2.63 bits per heavy atom. The summed E-state index contributed by atoms with van der Waals surface area (Å²) in [5.41, 5.74) is 5.47. The summed E-state index contributed by atoms with van der Waals surface area (Å²) < 4.78 is 1.86. The van der Waals surface area contributed by atoms with Crippen LogP contribution in [-0.2, 0) is 30.8 Å². The Hall–Kier alpha value is -2.65. The van der Waals surface area contributed by atoms with Crippen molar-refractivity contribution < 1.29 is 4.79 Å². The molecule has 0 aliphatic heterocycles. The minimum Gasteiger partial charge on any atom is -0.352 e. The van der Waals surface area contributed by atoms with Gasteiger partial charge in [0.05, 0.1) is 24.7 Å². The summed E-state index contributed by atoms with van der Waals surface area (Å²) in [4.78, 5) is 14.5. The predicted molar refractivity (Wildman–Crippen MR) is 106 cm³/mol. The van der Waals surface area contributed by atoms with E-state index in [4.69, 9.17) is 5.26 Å². The number of nitrogens with zero attached hydrogens (tertiary/aromatic N) is 4. The van der Waals surface area contributed by atoms with Crippen molar-refractivity contribution in [1.29, 1.82) is 5.26 Å². The van der Waals surface area contributed by atoms with Crippen molar-refractivity contribution in [3.05, 3.63) is 52.3 Å². The Morgan fingerprint density at radius 2 is 1.96 bits per heavy atom. The molecule has 1 N–H and O–H groups in total. The van der Waals surface area contributed by atoms with E-state index in [-0.39, 0.29) is 5.91 Å². The Labute approximate surface area is 161 Å². The Kier molecular flexibility index (Phi) is 7.56. The number of aryl methyl sites for hydroxylation is 2. The highest BCUT2D eigenvalue weighted by molar-refractivity contribution is 5.76. The smallest absolute Gasteiger partial charge is 0.220 e. The van der Waals surface area contributed by atoms with Crippen molar-refractivity contribution in [3.8, 4) is 6.07 Å². The molecule has 6 heteroatoms. The lowest BCUT2D eigenvalue weighted by atomic mass is 10.1. The van der Waals surface area contributed by atoms with Gasteiger partial charge in [-0.3, -0.25) is 9.48 Å². The Balaban J connectivity index is 1.91. The van der Waals surface area contributed by atoms with Crippen LogP contribution in [-0.4, -0.2) is 34.7 Å². The molecule has 0 saturated carbocycles. The first-order chi connectivity index (χ1) is 12.9. The van der Waals surface area contributed by atoms with Gasteiger partial charge in [0.2, 0.25) is 5.91 Å². The Bertz CT molecular complexity index is 816. The number of benzene rings is 1. The molecule has 27 heavy (non-hydrogen) atoms. The number of hydrogen-bond donors (Lipinski definition) is 1. The van der Waals surface area contributed by atoms with Crippen molar-refractivity contribution in [2.24, 2.45) is 0 Å². The molecule has 0 aliphatic carbocycles. The first-order valence-electron chi connectivity index (χ1n) is 9.30. The van der Waals surface area contributed by atoms with Gasteiger partial charge in [-0.1, -0.05) is 24.3 Å². The number of carbonyl (C=O) groups is 1. The zero-order valence-electron chi connectivity index (χ0n) is 16.7. The van der Waals surface area contributed by atoms with Crippen LogP contribution < -0.4 is 5.32 Å². The average molecular weight is 367 g/mol. The fraction of sp³-hybridized carbons (Fsp3) is 0.476. The summed E-state index contributed by atoms with van der Waals surface area (Å²) in [5.74, 6) is 0.0400. The van der Waals surface area contributed by atoms with Gasteiger partial charge in [0.25, 0.3) is 0 Å². The molecule has 0 saturated heterocycles. The van der Waals surface area contributed by atoms with E-state index in [1.807, 2.05) is 44.8 Å². The molecule has 0 fully saturated rings. The third kappa shape index (κ3) is 5.93. The first kappa shape index (κ1) is 20.7. The Morgan fingerprint density at radius 1 is 1.26 bits per heavy atom. The number of aromatic nitrogens is 2. The van der Waals surface area contributed by atoms with E-state index in [9.17, 15) is 4.79 Å².